The molecule has 0 atom stereocenters. The van der Waals surface area contributed by atoms with Crippen molar-refractivity contribution in [3.63, 3.8) is 0 Å². The second kappa shape index (κ2) is 3.29. The number of aliphatic carboxylic acids is 1. The molecule has 1 rings (SSSR count). The van der Waals surface area contributed by atoms with Crippen molar-refractivity contribution in [2.24, 2.45) is 0 Å². The van der Waals surface area contributed by atoms with Crippen molar-refractivity contribution >= 4 is 5.97 Å². The molecule has 0 spiro atoms. The highest BCUT2D eigenvalue weighted by molar-refractivity contribution is 5.77. The van der Waals surface area contributed by atoms with Crippen molar-refractivity contribution in [1.82, 2.24) is 10.2 Å². The van der Waals surface area contributed by atoms with Crippen LogP contribution in [-0.2, 0) is 16.1 Å². The predicted octanol–water partition coefficient (Wildman–Crippen LogP) is 1.88. The molecule has 0 aliphatic rings. The first-order valence-electron chi connectivity index (χ1n) is 4.33. The largest absolute Gasteiger partial charge is 0.477 e. The van der Waals surface area contributed by atoms with E-state index in [0.717, 1.165) is 6.20 Å². The van der Waals surface area contributed by atoms with Crippen LogP contribution in [0.2, 0.25) is 0 Å². The van der Waals surface area contributed by atoms with Crippen LogP contribution in [-0.4, -0.2) is 21.3 Å². The van der Waals surface area contributed by atoms with E-state index >= 15 is 0 Å². The van der Waals surface area contributed by atoms with Gasteiger partial charge in [-0.15, -0.1) is 0 Å². The van der Waals surface area contributed by atoms with Gasteiger partial charge in [-0.3, -0.25) is 5.10 Å². The smallest absolute Gasteiger partial charge is 0.379 e. The molecule has 0 aliphatic heterocycles. The number of halogens is 2. The number of carbonyl (C=O) groups is 1. The molecule has 0 saturated heterocycles. The highest BCUT2D eigenvalue weighted by atomic mass is 19.3. The Morgan fingerprint density at radius 3 is 2.40 bits per heavy atom. The SMILES string of the molecule is CC(C)(C)c1[nH]ncc1C(F)(F)C(=O)O. The van der Waals surface area contributed by atoms with Gasteiger partial charge in [0.1, 0.15) is 0 Å². The first-order chi connectivity index (χ1) is 6.67. The van der Waals surface area contributed by atoms with Crippen molar-refractivity contribution in [2.75, 3.05) is 0 Å². The molecule has 0 saturated carbocycles. The number of nitrogens with one attached hydrogen (secondary N) is 1. The zero-order chi connectivity index (χ0) is 11.9. The van der Waals surface area contributed by atoms with E-state index in [9.17, 15) is 13.6 Å². The van der Waals surface area contributed by atoms with E-state index in [1.54, 1.807) is 20.8 Å². The number of carboxylic acid groups (broad SMARTS) is 1. The molecule has 15 heavy (non-hydrogen) atoms. The number of H-pyrrole nitrogens is 1. The standard InChI is InChI=1S/C9H12F2N2O2/c1-8(2,3)6-5(4-12-13-6)9(10,11)7(14)15/h4H,1-3H3,(H,12,13)(H,14,15). The van der Waals surface area contributed by atoms with Gasteiger partial charge in [0.25, 0.3) is 0 Å². The lowest BCUT2D eigenvalue weighted by atomic mass is 9.88. The van der Waals surface area contributed by atoms with Gasteiger partial charge in [0.05, 0.1) is 17.5 Å². The minimum absolute atomic E-state index is 0.134. The molecule has 6 heteroatoms. The maximum Gasteiger partial charge on any atom is 0.379 e. The molecule has 0 aromatic carbocycles. The number of hydrogen-bond donors (Lipinski definition) is 2. The van der Waals surface area contributed by atoms with Crippen LogP contribution < -0.4 is 0 Å². The number of nitrogens with zero attached hydrogens (tertiary/aromatic N) is 1. The number of aromatic nitrogens is 2. The molecule has 1 aromatic heterocycles. The Balaban J connectivity index is 3.28. The molecule has 0 unspecified atom stereocenters. The second-order valence-corrected chi connectivity index (χ2v) is 4.29. The number of rotatable bonds is 2. The molecule has 1 aromatic rings. The number of alkyl halides is 2. The zero-order valence-electron chi connectivity index (χ0n) is 8.64. The minimum atomic E-state index is -3.91. The van der Waals surface area contributed by atoms with Crippen LogP contribution in [0.5, 0.6) is 0 Å². The van der Waals surface area contributed by atoms with E-state index in [1.807, 2.05) is 0 Å². The summed E-state index contributed by atoms with van der Waals surface area (Å²) in [6.07, 6.45) is 0.856. The van der Waals surface area contributed by atoms with Crippen molar-refractivity contribution in [3.05, 3.63) is 17.5 Å². The van der Waals surface area contributed by atoms with E-state index in [2.05, 4.69) is 10.2 Å². The summed E-state index contributed by atoms with van der Waals surface area (Å²) in [5, 5.41) is 14.3. The summed E-state index contributed by atoms with van der Waals surface area (Å²) in [4.78, 5) is 10.4. The minimum Gasteiger partial charge on any atom is -0.477 e. The van der Waals surface area contributed by atoms with Gasteiger partial charge in [-0.1, -0.05) is 20.8 Å². The summed E-state index contributed by atoms with van der Waals surface area (Å²) < 4.78 is 26.5. The molecule has 1 heterocycles. The van der Waals surface area contributed by atoms with Gasteiger partial charge in [0.2, 0.25) is 0 Å². The lowest BCUT2D eigenvalue weighted by Gasteiger charge is -2.20. The fourth-order valence-electron chi connectivity index (χ4n) is 1.21. The molecule has 0 amide bonds. The topological polar surface area (TPSA) is 66.0 Å². The first-order valence-corrected chi connectivity index (χ1v) is 4.33. The van der Waals surface area contributed by atoms with Crippen LogP contribution in [0.4, 0.5) is 8.78 Å². The number of hydrogen-bond acceptors (Lipinski definition) is 2. The average Bonchev–Trinajstić information content (AvgIpc) is 2.49. The maximum absolute atomic E-state index is 13.2. The van der Waals surface area contributed by atoms with Crippen LogP contribution in [0.1, 0.15) is 32.0 Å². The van der Waals surface area contributed by atoms with Crippen molar-refractivity contribution < 1.29 is 18.7 Å². The zero-order valence-corrected chi connectivity index (χ0v) is 8.64. The van der Waals surface area contributed by atoms with Crippen molar-refractivity contribution in [2.45, 2.75) is 32.1 Å². The van der Waals surface area contributed by atoms with Crippen LogP contribution >= 0.6 is 0 Å². The third-order valence-corrected chi connectivity index (χ3v) is 2.00. The first kappa shape index (κ1) is 11.6. The number of aromatic amines is 1. The molecule has 0 aliphatic carbocycles. The van der Waals surface area contributed by atoms with Gasteiger partial charge in [-0.2, -0.15) is 13.9 Å². The van der Waals surface area contributed by atoms with Crippen molar-refractivity contribution in [3.8, 4) is 0 Å². The van der Waals surface area contributed by atoms with Gasteiger partial charge in [0, 0.05) is 5.41 Å². The summed E-state index contributed by atoms with van der Waals surface area (Å²) in [7, 11) is 0. The summed E-state index contributed by atoms with van der Waals surface area (Å²) in [6, 6.07) is 0. The van der Waals surface area contributed by atoms with E-state index in [4.69, 9.17) is 5.11 Å². The fourth-order valence-corrected chi connectivity index (χ4v) is 1.21. The van der Waals surface area contributed by atoms with Crippen LogP contribution in [0.3, 0.4) is 0 Å². The molecule has 0 bridgehead atoms. The molecule has 2 N–H and O–H groups in total. The van der Waals surface area contributed by atoms with Gasteiger partial charge < -0.3 is 5.11 Å². The maximum atomic E-state index is 13.2. The summed E-state index contributed by atoms with van der Waals surface area (Å²) >= 11 is 0. The predicted molar refractivity (Wildman–Crippen MR) is 48.8 cm³/mol. The van der Waals surface area contributed by atoms with Crippen LogP contribution in [0.15, 0.2) is 6.20 Å². The Bertz CT molecular complexity index is 380. The second-order valence-electron chi connectivity index (χ2n) is 4.29. The molecule has 4 nitrogen and oxygen atoms in total. The van der Waals surface area contributed by atoms with Gasteiger partial charge in [-0.25, -0.2) is 4.79 Å². The van der Waals surface area contributed by atoms with Gasteiger partial charge in [0.15, 0.2) is 0 Å². The van der Waals surface area contributed by atoms with E-state index < -0.39 is 22.9 Å². The Kier molecular flexibility index (Phi) is 2.54. The number of carboxylic acids is 1. The molecule has 0 fully saturated rings. The molecule has 84 valence electrons. The molecular formula is C9H12F2N2O2. The van der Waals surface area contributed by atoms with E-state index in [1.165, 1.54) is 0 Å². The summed E-state index contributed by atoms with van der Waals surface area (Å²) in [5.74, 6) is -6.08. The molecular weight excluding hydrogens is 206 g/mol. The highest BCUT2D eigenvalue weighted by Crippen LogP contribution is 2.35. The lowest BCUT2D eigenvalue weighted by molar-refractivity contribution is -0.166. The third kappa shape index (κ3) is 1.98. The fraction of sp³-hybridized carbons (Fsp3) is 0.556. The van der Waals surface area contributed by atoms with Crippen LogP contribution in [0.25, 0.3) is 0 Å². The normalized spacial score (nSPS) is 12.9. The summed E-state index contributed by atoms with van der Waals surface area (Å²) in [6.45, 7) is 5.09. The Morgan fingerprint density at radius 1 is 1.47 bits per heavy atom. The monoisotopic (exact) mass is 218 g/mol. The van der Waals surface area contributed by atoms with Gasteiger partial charge >= 0.3 is 11.9 Å². The Labute approximate surface area is 85.3 Å². The Morgan fingerprint density at radius 2 is 2.00 bits per heavy atom. The molecule has 0 radical (unpaired) electrons. The van der Waals surface area contributed by atoms with Crippen molar-refractivity contribution in [1.29, 1.82) is 0 Å². The highest BCUT2D eigenvalue weighted by Gasteiger charge is 2.45. The van der Waals surface area contributed by atoms with E-state index in [0.29, 0.717) is 0 Å². The van der Waals surface area contributed by atoms with Crippen LogP contribution in [0, 0.1) is 0 Å². The summed E-state index contributed by atoms with van der Waals surface area (Å²) in [5.41, 5.74) is -1.05. The van der Waals surface area contributed by atoms with E-state index in [-0.39, 0.29) is 5.69 Å². The third-order valence-electron chi connectivity index (χ3n) is 2.00. The lowest BCUT2D eigenvalue weighted by Crippen LogP contribution is -2.28. The quantitative estimate of drug-likeness (QED) is 0.796. The Hall–Kier alpha value is -1.46. The van der Waals surface area contributed by atoms with Gasteiger partial charge in [-0.05, 0) is 0 Å². The average molecular weight is 218 g/mol.